The first-order valence-electron chi connectivity index (χ1n) is 9.61. The van der Waals surface area contributed by atoms with Gasteiger partial charge in [-0.2, -0.15) is 0 Å². The first-order valence-corrected chi connectivity index (χ1v) is 10.6. The summed E-state index contributed by atoms with van der Waals surface area (Å²) in [5, 5.41) is 0. The van der Waals surface area contributed by atoms with Crippen molar-refractivity contribution >= 4 is 23.5 Å². The number of thioether (sulfide) groups is 1. The number of hydrogen-bond donors (Lipinski definition) is 0. The summed E-state index contributed by atoms with van der Waals surface area (Å²) in [5.74, 6) is -0.369. The van der Waals surface area contributed by atoms with Crippen LogP contribution in [0.2, 0.25) is 0 Å². The predicted octanol–water partition coefficient (Wildman–Crippen LogP) is 5.39. The van der Waals surface area contributed by atoms with E-state index in [4.69, 9.17) is 4.74 Å². The van der Waals surface area contributed by atoms with Crippen molar-refractivity contribution < 1.29 is 14.3 Å². The number of ether oxygens (including phenoxy) is 1. The SMILES string of the molecule is Cc1ccc(SCC(=O)OCC(=O)c2ccc3c(c2)-c2ccccc2C3)c(C)c1. The largest absolute Gasteiger partial charge is 0.457 e. The van der Waals surface area contributed by atoms with Gasteiger partial charge in [-0.05, 0) is 60.2 Å². The van der Waals surface area contributed by atoms with Crippen molar-refractivity contribution in [2.45, 2.75) is 25.2 Å². The van der Waals surface area contributed by atoms with Crippen LogP contribution >= 0.6 is 11.8 Å². The van der Waals surface area contributed by atoms with E-state index in [0.717, 1.165) is 22.4 Å². The molecule has 3 aromatic rings. The Morgan fingerprint density at radius 3 is 2.55 bits per heavy atom. The molecule has 1 aliphatic rings. The van der Waals surface area contributed by atoms with Crippen molar-refractivity contribution in [1.29, 1.82) is 0 Å². The maximum absolute atomic E-state index is 12.5. The second-order valence-electron chi connectivity index (χ2n) is 7.35. The van der Waals surface area contributed by atoms with E-state index >= 15 is 0 Å². The summed E-state index contributed by atoms with van der Waals surface area (Å²) in [6, 6.07) is 20.1. The molecule has 0 aliphatic heterocycles. The Labute approximate surface area is 175 Å². The van der Waals surface area contributed by atoms with Crippen LogP contribution in [0.4, 0.5) is 0 Å². The van der Waals surface area contributed by atoms with Crippen LogP contribution in [0.25, 0.3) is 11.1 Å². The minimum absolute atomic E-state index is 0.179. The molecule has 4 rings (SSSR count). The lowest BCUT2D eigenvalue weighted by Gasteiger charge is -2.08. The summed E-state index contributed by atoms with van der Waals surface area (Å²) in [6.45, 7) is 3.84. The quantitative estimate of drug-likeness (QED) is 0.246. The van der Waals surface area contributed by atoms with Crippen molar-refractivity contribution in [2.75, 3.05) is 12.4 Å². The molecule has 3 aromatic carbocycles. The third kappa shape index (κ3) is 4.28. The number of ketones is 1. The Bertz CT molecular complexity index is 1100. The summed E-state index contributed by atoms with van der Waals surface area (Å²) in [5.41, 5.74) is 7.69. The molecule has 146 valence electrons. The standard InChI is InChI=1S/C25H22O3S/c1-16-7-10-24(17(2)11-16)29-15-25(27)28-14-23(26)20-9-8-19-12-18-5-3-4-6-21(18)22(19)13-20/h3-11,13H,12,14-15H2,1-2H3. The molecule has 4 heteroatoms. The summed E-state index contributed by atoms with van der Waals surface area (Å²) < 4.78 is 5.22. The molecule has 0 spiro atoms. The van der Waals surface area contributed by atoms with Gasteiger partial charge in [0.05, 0.1) is 5.75 Å². The number of carbonyl (C=O) groups excluding carboxylic acids is 2. The van der Waals surface area contributed by atoms with Crippen LogP contribution in [-0.4, -0.2) is 24.1 Å². The van der Waals surface area contributed by atoms with Gasteiger partial charge in [-0.15, -0.1) is 11.8 Å². The Morgan fingerprint density at radius 1 is 0.931 bits per heavy atom. The first kappa shape index (κ1) is 19.5. The zero-order valence-electron chi connectivity index (χ0n) is 16.5. The number of carbonyl (C=O) groups is 2. The molecule has 3 nitrogen and oxygen atoms in total. The lowest BCUT2D eigenvalue weighted by molar-refractivity contribution is -0.139. The summed E-state index contributed by atoms with van der Waals surface area (Å²) in [6.07, 6.45) is 0.893. The van der Waals surface area contributed by atoms with Gasteiger partial charge in [-0.25, -0.2) is 0 Å². The third-order valence-corrected chi connectivity index (χ3v) is 6.31. The molecule has 0 atom stereocenters. The van der Waals surface area contributed by atoms with Crippen LogP contribution in [0.5, 0.6) is 0 Å². The van der Waals surface area contributed by atoms with Gasteiger partial charge < -0.3 is 4.74 Å². The molecule has 0 fully saturated rings. The van der Waals surface area contributed by atoms with E-state index in [1.54, 1.807) is 0 Å². The number of hydrogen-bond acceptors (Lipinski definition) is 4. The van der Waals surface area contributed by atoms with Crippen molar-refractivity contribution in [1.82, 2.24) is 0 Å². The van der Waals surface area contributed by atoms with E-state index in [2.05, 4.69) is 18.2 Å². The number of fused-ring (bicyclic) bond motifs is 3. The van der Waals surface area contributed by atoms with E-state index in [0.29, 0.717) is 5.56 Å². The van der Waals surface area contributed by atoms with Gasteiger partial charge >= 0.3 is 5.97 Å². The second kappa shape index (κ2) is 8.26. The van der Waals surface area contributed by atoms with E-state index in [1.165, 1.54) is 34.0 Å². The topological polar surface area (TPSA) is 43.4 Å². The molecule has 29 heavy (non-hydrogen) atoms. The smallest absolute Gasteiger partial charge is 0.316 e. The predicted molar refractivity (Wildman–Crippen MR) is 117 cm³/mol. The highest BCUT2D eigenvalue weighted by Crippen LogP contribution is 2.36. The van der Waals surface area contributed by atoms with Gasteiger partial charge in [0.2, 0.25) is 0 Å². The van der Waals surface area contributed by atoms with Crippen LogP contribution in [0.3, 0.4) is 0 Å². The van der Waals surface area contributed by atoms with Crippen molar-refractivity contribution in [3.8, 4) is 11.1 Å². The highest BCUT2D eigenvalue weighted by atomic mass is 32.2. The van der Waals surface area contributed by atoms with Crippen LogP contribution in [0.15, 0.2) is 65.6 Å². The zero-order chi connectivity index (χ0) is 20.4. The fourth-order valence-electron chi connectivity index (χ4n) is 3.67. The summed E-state index contributed by atoms with van der Waals surface area (Å²) >= 11 is 1.43. The third-order valence-electron chi connectivity index (χ3n) is 5.16. The minimum Gasteiger partial charge on any atom is -0.457 e. The van der Waals surface area contributed by atoms with Gasteiger partial charge in [0.15, 0.2) is 12.4 Å². The van der Waals surface area contributed by atoms with E-state index in [1.807, 2.05) is 56.3 Å². The number of rotatable bonds is 6. The Morgan fingerprint density at radius 2 is 1.72 bits per heavy atom. The molecule has 0 saturated heterocycles. The average molecular weight is 403 g/mol. The van der Waals surface area contributed by atoms with E-state index in [9.17, 15) is 9.59 Å². The monoisotopic (exact) mass is 402 g/mol. The molecule has 1 aliphatic carbocycles. The number of aryl methyl sites for hydroxylation is 2. The molecular formula is C25H22O3S. The lowest BCUT2D eigenvalue weighted by Crippen LogP contribution is -2.15. The number of benzene rings is 3. The van der Waals surface area contributed by atoms with Crippen molar-refractivity contribution in [2.24, 2.45) is 0 Å². The van der Waals surface area contributed by atoms with Gasteiger partial charge in [-0.3, -0.25) is 9.59 Å². The fraction of sp³-hybridized carbons (Fsp3) is 0.200. The van der Waals surface area contributed by atoms with E-state index < -0.39 is 0 Å². The number of Topliss-reactive ketones (excluding diaryl/α,β-unsaturated/α-hetero) is 1. The van der Waals surface area contributed by atoms with Gasteiger partial charge in [0, 0.05) is 10.5 Å². The van der Waals surface area contributed by atoms with Gasteiger partial charge in [-0.1, -0.05) is 54.1 Å². The summed E-state index contributed by atoms with van der Waals surface area (Å²) in [7, 11) is 0. The fourth-order valence-corrected chi connectivity index (χ4v) is 4.47. The molecule has 0 saturated carbocycles. The maximum atomic E-state index is 12.5. The maximum Gasteiger partial charge on any atom is 0.316 e. The molecule has 0 unspecified atom stereocenters. The van der Waals surface area contributed by atoms with Crippen molar-refractivity contribution in [3.05, 3.63) is 88.5 Å². The Hall–Kier alpha value is -2.85. The summed E-state index contributed by atoms with van der Waals surface area (Å²) in [4.78, 5) is 25.7. The van der Waals surface area contributed by atoms with Crippen LogP contribution < -0.4 is 0 Å². The van der Waals surface area contributed by atoms with Gasteiger partial charge in [0.25, 0.3) is 0 Å². The highest BCUT2D eigenvalue weighted by Gasteiger charge is 2.20. The van der Waals surface area contributed by atoms with Gasteiger partial charge in [0.1, 0.15) is 0 Å². The molecular weight excluding hydrogens is 380 g/mol. The lowest BCUT2D eigenvalue weighted by atomic mass is 10.0. The molecule has 0 aromatic heterocycles. The average Bonchev–Trinajstić information content (AvgIpc) is 3.09. The second-order valence-corrected chi connectivity index (χ2v) is 8.36. The molecule has 0 N–H and O–H groups in total. The first-order chi connectivity index (χ1) is 14.0. The Balaban J connectivity index is 1.35. The molecule has 0 amide bonds. The molecule has 0 bridgehead atoms. The van der Waals surface area contributed by atoms with Crippen LogP contribution in [-0.2, 0) is 16.0 Å². The van der Waals surface area contributed by atoms with E-state index in [-0.39, 0.29) is 24.1 Å². The number of esters is 1. The van der Waals surface area contributed by atoms with Crippen LogP contribution in [0.1, 0.15) is 32.6 Å². The Kier molecular flexibility index (Phi) is 5.54. The molecule has 0 heterocycles. The molecule has 0 radical (unpaired) electrons. The van der Waals surface area contributed by atoms with Crippen LogP contribution in [0, 0.1) is 13.8 Å². The normalized spacial score (nSPS) is 11.7. The van der Waals surface area contributed by atoms with Crippen molar-refractivity contribution in [3.63, 3.8) is 0 Å². The highest BCUT2D eigenvalue weighted by molar-refractivity contribution is 8.00. The zero-order valence-corrected chi connectivity index (χ0v) is 17.3. The minimum atomic E-state index is -0.380.